The van der Waals surface area contributed by atoms with E-state index in [1.165, 1.54) is 64.2 Å². The highest BCUT2D eigenvalue weighted by Gasteiger charge is 2.44. The maximum Gasteiger partial charge on any atom is 0.186 e. The number of ether oxygens (including phenoxy) is 2. The van der Waals surface area contributed by atoms with Crippen molar-refractivity contribution in [2.45, 2.75) is 127 Å². The van der Waals surface area contributed by atoms with Gasteiger partial charge in [0.1, 0.15) is 24.4 Å². The number of nitrogens with two attached hydrogens (primary N) is 1. The van der Waals surface area contributed by atoms with Gasteiger partial charge < -0.3 is 40.7 Å². The quantitative estimate of drug-likeness (QED) is 0.134. The van der Waals surface area contributed by atoms with Crippen LogP contribution in [0.4, 0.5) is 0 Å². The van der Waals surface area contributed by atoms with Crippen LogP contribution in [0.1, 0.15) is 84.0 Å². The Balaban J connectivity index is 2.10. The van der Waals surface area contributed by atoms with Crippen LogP contribution in [0.5, 0.6) is 0 Å². The molecule has 32 heavy (non-hydrogen) atoms. The van der Waals surface area contributed by atoms with Gasteiger partial charge in [-0.05, 0) is 12.8 Å². The summed E-state index contributed by atoms with van der Waals surface area (Å²) in [5, 5.41) is 48.8. The first-order chi connectivity index (χ1) is 15.4. The van der Waals surface area contributed by atoms with Gasteiger partial charge in [-0.3, -0.25) is 0 Å². The largest absolute Gasteiger partial charge is 0.394 e. The fourth-order valence-corrected chi connectivity index (χ4v) is 3.81. The number of allylic oxidation sites excluding steroid dienone is 1. The van der Waals surface area contributed by atoms with Gasteiger partial charge in [-0.2, -0.15) is 0 Å². The Labute approximate surface area is 193 Å². The van der Waals surface area contributed by atoms with Crippen LogP contribution >= 0.6 is 0 Å². The third-order valence-corrected chi connectivity index (χ3v) is 6.05. The van der Waals surface area contributed by atoms with Crippen LogP contribution in [-0.4, -0.2) is 81.6 Å². The molecule has 0 aliphatic carbocycles. The third kappa shape index (κ3) is 11.5. The van der Waals surface area contributed by atoms with E-state index >= 15 is 0 Å². The molecule has 7 atom stereocenters. The molecule has 1 fully saturated rings. The van der Waals surface area contributed by atoms with Crippen LogP contribution < -0.4 is 5.73 Å². The van der Waals surface area contributed by atoms with Crippen LogP contribution in [-0.2, 0) is 9.47 Å². The molecule has 0 bridgehead atoms. The summed E-state index contributed by atoms with van der Waals surface area (Å²) in [7, 11) is 0. The number of rotatable bonds is 18. The Kier molecular flexibility index (Phi) is 16.4. The van der Waals surface area contributed by atoms with Gasteiger partial charge in [-0.15, -0.1) is 0 Å². The molecule has 8 heteroatoms. The normalized spacial score (nSPS) is 28.3. The Bertz CT molecular complexity index is 477. The van der Waals surface area contributed by atoms with Gasteiger partial charge in [0.15, 0.2) is 6.29 Å². The van der Waals surface area contributed by atoms with Gasteiger partial charge in [0, 0.05) is 0 Å². The van der Waals surface area contributed by atoms with Crippen molar-refractivity contribution >= 4 is 0 Å². The second kappa shape index (κ2) is 17.8. The molecule has 0 saturated carbocycles. The molecule has 1 heterocycles. The number of aliphatic hydroxyl groups is 5. The molecule has 0 aromatic carbocycles. The highest BCUT2D eigenvalue weighted by Crippen LogP contribution is 2.22. The molecule has 1 aliphatic heterocycles. The van der Waals surface area contributed by atoms with E-state index in [4.69, 9.17) is 15.2 Å². The van der Waals surface area contributed by atoms with E-state index in [1.54, 1.807) is 6.08 Å². The number of hydrogen-bond donors (Lipinski definition) is 6. The van der Waals surface area contributed by atoms with Crippen LogP contribution in [0.15, 0.2) is 12.2 Å². The lowest BCUT2D eigenvalue weighted by molar-refractivity contribution is -0.302. The molecule has 0 aromatic heterocycles. The van der Waals surface area contributed by atoms with Crippen molar-refractivity contribution in [3.8, 4) is 0 Å². The molecule has 7 N–H and O–H groups in total. The van der Waals surface area contributed by atoms with Crippen LogP contribution in [0.25, 0.3) is 0 Å². The molecule has 1 rings (SSSR count). The van der Waals surface area contributed by atoms with E-state index in [9.17, 15) is 25.5 Å². The third-order valence-electron chi connectivity index (χ3n) is 6.05. The van der Waals surface area contributed by atoms with Gasteiger partial charge in [0.25, 0.3) is 0 Å². The summed E-state index contributed by atoms with van der Waals surface area (Å²) >= 11 is 0. The minimum Gasteiger partial charge on any atom is -0.394 e. The first kappa shape index (κ1) is 29.5. The summed E-state index contributed by atoms with van der Waals surface area (Å²) < 4.78 is 10.6. The summed E-state index contributed by atoms with van der Waals surface area (Å²) in [4.78, 5) is 0. The number of aliphatic hydroxyl groups excluding tert-OH is 5. The molecule has 190 valence electrons. The van der Waals surface area contributed by atoms with Crippen molar-refractivity contribution in [3.05, 3.63) is 12.2 Å². The smallest absolute Gasteiger partial charge is 0.186 e. The molecule has 0 amide bonds. The van der Waals surface area contributed by atoms with Crippen LogP contribution in [0.3, 0.4) is 0 Å². The zero-order valence-corrected chi connectivity index (χ0v) is 19.7. The van der Waals surface area contributed by atoms with Crippen LogP contribution in [0.2, 0.25) is 0 Å². The van der Waals surface area contributed by atoms with Crippen LogP contribution in [0, 0.1) is 0 Å². The molecule has 0 aromatic rings. The predicted octanol–water partition coefficient (Wildman–Crippen LogP) is 1.75. The fourth-order valence-electron chi connectivity index (χ4n) is 3.81. The van der Waals surface area contributed by atoms with E-state index in [-0.39, 0.29) is 6.61 Å². The first-order valence-corrected chi connectivity index (χ1v) is 12.4. The zero-order valence-electron chi connectivity index (χ0n) is 19.7. The van der Waals surface area contributed by atoms with E-state index in [0.29, 0.717) is 0 Å². The van der Waals surface area contributed by atoms with E-state index in [0.717, 1.165) is 12.8 Å². The summed E-state index contributed by atoms with van der Waals surface area (Å²) in [6.07, 6.45) is 11.1. The molecular weight excluding hydrogens is 414 g/mol. The molecule has 0 spiro atoms. The van der Waals surface area contributed by atoms with E-state index < -0.39 is 49.5 Å². The highest BCUT2D eigenvalue weighted by molar-refractivity contribution is 4.94. The first-order valence-electron chi connectivity index (χ1n) is 12.4. The molecule has 8 nitrogen and oxygen atoms in total. The van der Waals surface area contributed by atoms with Crippen molar-refractivity contribution in [2.24, 2.45) is 5.73 Å². The predicted molar refractivity (Wildman–Crippen MR) is 124 cm³/mol. The van der Waals surface area contributed by atoms with E-state index in [1.807, 2.05) is 6.08 Å². The Morgan fingerprint density at radius 3 is 2.00 bits per heavy atom. The minimum absolute atomic E-state index is 0.118. The van der Waals surface area contributed by atoms with Gasteiger partial charge >= 0.3 is 0 Å². The second-order valence-electron chi connectivity index (χ2n) is 8.94. The standard InChI is InChI=1S/C24H47NO7/c1-2-3-4-5-6-7-8-9-10-11-12-13-14-15-19(27)18(25)17-31-24-23(30)22(29)21(28)20(16-26)32-24/h14-15,18-24,26-30H,2-13,16-17,25H2,1H3/b15-14+/t18-,19-,20-,21-,22+,23+,24?/m1/s1. The molecule has 0 radical (unpaired) electrons. The lowest BCUT2D eigenvalue weighted by Crippen LogP contribution is -2.59. The lowest BCUT2D eigenvalue weighted by atomic mass is 9.99. The Hall–Kier alpha value is -0.580. The molecule has 1 unspecified atom stereocenters. The fraction of sp³-hybridized carbons (Fsp3) is 0.917. The second-order valence-corrected chi connectivity index (χ2v) is 8.94. The summed E-state index contributed by atoms with van der Waals surface area (Å²) in [6.45, 7) is 1.60. The molecule has 1 aliphatic rings. The number of hydrogen-bond acceptors (Lipinski definition) is 8. The highest BCUT2D eigenvalue weighted by atomic mass is 16.7. The summed E-state index contributed by atoms with van der Waals surface area (Å²) in [6, 6.07) is -0.740. The van der Waals surface area contributed by atoms with Crippen molar-refractivity contribution in [1.82, 2.24) is 0 Å². The van der Waals surface area contributed by atoms with Crippen molar-refractivity contribution in [1.29, 1.82) is 0 Å². The average molecular weight is 462 g/mol. The maximum absolute atomic E-state index is 10.2. The summed E-state index contributed by atoms with van der Waals surface area (Å²) in [5.41, 5.74) is 5.93. The monoisotopic (exact) mass is 461 g/mol. The SMILES string of the molecule is CCCCCCCCCCCCC/C=C/[C@@H](O)[C@H](N)COC1O[C@H](CO)[C@@H](O)[C@H](O)[C@@H]1O. The van der Waals surface area contributed by atoms with Crippen molar-refractivity contribution < 1.29 is 35.0 Å². The topological polar surface area (TPSA) is 146 Å². The molecular formula is C24H47NO7. The van der Waals surface area contributed by atoms with Crippen molar-refractivity contribution in [3.63, 3.8) is 0 Å². The van der Waals surface area contributed by atoms with E-state index in [2.05, 4.69) is 6.92 Å². The Morgan fingerprint density at radius 2 is 1.44 bits per heavy atom. The lowest BCUT2D eigenvalue weighted by Gasteiger charge is -2.39. The summed E-state index contributed by atoms with van der Waals surface area (Å²) in [5.74, 6) is 0. The van der Waals surface area contributed by atoms with Crippen molar-refractivity contribution in [2.75, 3.05) is 13.2 Å². The minimum atomic E-state index is -1.50. The van der Waals surface area contributed by atoms with Gasteiger partial charge in [-0.1, -0.05) is 83.3 Å². The molecule has 1 saturated heterocycles. The zero-order chi connectivity index (χ0) is 23.8. The maximum atomic E-state index is 10.2. The Morgan fingerprint density at radius 1 is 0.875 bits per heavy atom. The van der Waals surface area contributed by atoms with Gasteiger partial charge in [0.2, 0.25) is 0 Å². The number of unbranched alkanes of at least 4 members (excludes halogenated alkanes) is 11. The van der Waals surface area contributed by atoms with Gasteiger partial charge in [0.05, 0.1) is 25.4 Å². The average Bonchev–Trinajstić information content (AvgIpc) is 2.79. The van der Waals surface area contributed by atoms with Gasteiger partial charge in [-0.25, -0.2) is 0 Å².